The lowest BCUT2D eigenvalue weighted by molar-refractivity contribution is 1.19. The second-order valence-electron chi connectivity index (χ2n) is 4.56. The maximum Gasteiger partial charge on any atom is 0.0256 e. The summed E-state index contributed by atoms with van der Waals surface area (Å²) in [6.07, 6.45) is 3.35. The molecule has 1 aliphatic rings. The monoisotopic (exact) mass is 284 g/mol. The van der Waals surface area contributed by atoms with Crippen molar-refractivity contribution in [3.8, 4) is 11.1 Å². The summed E-state index contributed by atoms with van der Waals surface area (Å²) in [5.41, 5.74) is 6.78. The molecule has 0 heterocycles. The number of allylic oxidation sites excluding steroid dienone is 1. The smallest absolute Gasteiger partial charge is 0.0256 e. The van der Waals surface area contributed by atoms with Crippen LogP contribution in [0.4, 0.5) is 0 Å². The van der Waals surface area contributed by atoms with Gasteiger partial charge >= 0.3 is 0 Å². The average Bonchev–Trinajstić information content (AvgIpc) is 2.71. The molecule has 0 radical (unpaired) electrons. The predicted molar refractivity (Wildman–Crippen MR) is 76.9 cm³/mol. The minimum absolute atomic E-state index is 1.08. The van der Waals surface area contributed by atoms with E-state index in [9.17, 15) is 0 Å². The van der Waals surface area contributed by atoms with Gasteiger partial charge in [-0.25, -0.2) is 0 Å². The lowest BCUT2D eigenvalue weighted by Crippen LogP contribution is -1.87. The summed E-state index contributed by atoms with van der Waals surface area (Å²) >= 11 is 3.68. The normalized spacial score (nSPS) is 13.4. The lowest BCUT2D eigenvalue weighted by Gasteiger charge is -2.07. The third-order valence-corrected chi connectivity index (χ3v) is 3.84. The van der Waals surface area contributed by atoms with Crippen LogP contribution in [-0.4, -0.2) is 0 Å². The Labute approximate surface area is 110 Å². The van der Waals surface area contributed by atoms with E-state index < -0.39 is 0 Å². The first-order valence-electron chi connectivity index (χ1n) is 5.79. The summed E-state index contributed by atoms with van der Waals surface area (Å²) in [7, 11) is 0. The molecule has 0 nitrogen and oxygen atoms in total. The fourth-order valence-electron chi connectivity index (χ4n) is 2.38. The predicted octanol–water partition coefficient (Wildman–Crippen LogP) is 5.08. The Morgan fingerprint density at radius 2 is 1.76 bits per heavy atom. The summed E-state index contributed by atoms with van der Waals surface area (Å²) < 4.78 is 1.20. The van der Waals surface area contributed by atoms with Gasteiger partial charge in [0.2, 0.25) is 0 Å². The van der Waals surface area contributed by atoms with Crippen molar-refractivity contribution in [1.29, 1.82) is 0 Å². The summed E-state index contributed by atoms with van der Waals surface area (Å²) in [5.74, 6) is 0. The van der Waals surface area contributed by atoms with Crippen LogP contribution in [0.15, 0.2) is 52.5 Å². The van der Waals surface area contributed by atoms with E-state index in [-0.39, 0.29) is 0 Å². The molecule has 2 aromatic rings. The molecule has 84 valence electrons. The van der Waals surface area contributed by atoms with Gasteiger partial charge in [0.15, 0.2) is 0 Å². The van der Waals surface area contributed by atoms with Gasteiger partial charge in [-0.3, -0.25) is 0 Å². The molecule has 0 unspecified atom stereocenters. The van der Waals surface area contributed by atoms with Gasteiger partial charge in [-0.05, 0) is 41.7 Å². The van der Waals surface area contributed by atoms with Crippen LogP contribution < -0.4 is 0 Å². The standard InChI is InChI=1S/C16H13Br/c1-11-7-14-9-13(10-16(17)15(14)8-11)12-5-3-2-4-6-12/h2-6,8-10H,7H2,1H3. The van der Waals surface area contributed by atoms with Crippen LogP contribution >= 0.6 is 15.9 Å². The number of fused-ring (bicyclic) bond motifs is 1. The van der Waals surface area contributed by atoms with Crippen molar-refractivity contribution in [1.82, 2.24) is 0 Å². The fourth-order valence-corrected chi connectivity index (χ4v) is 2.99. The van der Waals surface area contributed by atoms with E-state index in [0.29, 0.717) is 0 Å². The van der Waals surface area contributed by atoms with Crippen LogP contribution in [0.5, 0.6) is 0 Å². The second-order valence-corrected chi connectivity index (χ2v) is 5.42. The molecule has 2 aromatic carbocycles. The van der Waals surface area contributed by atoms with Gasteiger partial charge in [0.25, 0.3) is 0 Å². The maximum atomic E-state index is 3.68. The molecular formula is C16H13Br. The molecule has 0 atom stereocenters. The van der Waals surface area contributed by atoms with E-state index in [4.69, 9.17) is 0 Å². The number of hydrogen-bond donors (Lipinski definition) is 0. The Kier molecular flexibility index (Phi) is 2.64. The largest absolute Gasteiger partial charge is 0.0683 e. The van der Waals surface area contributed by atoms with E-state index in [0.717, 1.165) is 6.42 Å². The summed E-state index contributed by atoms with van der Waals surface area (Å²) in [6.45, 7) is 2.19. The first-order chi connectivity index (χ1) is 8.24. The van der Waals surface area contributed by atoms with Crippen molar-refractivity contribution in [2.45, 2.75) is 13.3 Å². The molecule has 0 aliphatic heterocycles. The molecule has 0 saturated carbocycles. The molecule has 0 N–H and O–H groups in total. The highest BCUT2D eigenvalue weighted by Gasteiger charge is 2.14. The lowest BCUT2D eigenvalue weighted by atomic mass is 10.0. The Bertz CT molecular complexity index is 594. The summed E-state index contributed by atoms with van der Waals surface area (Å²) in [6, 6.07) is 15.1. The molecule has 0 aromatic heterocycles. The van der Waals surface area contributed by atoms with Crippen molar-refractivity contribution in [2.24, 2.45) is 0 Å². The van der Waals surface area contributed by atoms with Gasteiger partial charge in [0.1, 0.15) is 0 Å². The van der Waals surface area contributed by atoms with E-state index in [1.54, 1.807) is 0 Å². The Morgan fingerprint density at radius 1 is 1.00 bits per heavy atom. The molecule has 0 bridgehead atoms. The molecule has 0 spiro atoms. The van der Waals surface area contributed by atoms with E-state index in [1.807, 2.05) is 0 Å². The number of benzene rings is 2. The average molecular weight is 285 g/mol. The molecule has 0 amide bonds. The van der Waals surface area contributed by atoms with E-state index in [1.165, 1.54) is 32.3 Å². The highest BCUT2D eigenvalue weighted by atomic mass is 79.9. The van der Waals surface area contributed by atoms with Crippen LogP contribution in [0.25, 0.3) is 17.2 Å². The van der Waals surface area contributed by atoms with Crippen molar-refractivity contribution >= 4 is 22.0 Å². The van der Waals surface area contributed by atoms with Crippen LogP contribution in [-0.2, 0) is 6.42 Å². The minimum atomic E-state index is 1.08. The highest BCUT2D eigenvalue weighted by molar-refractivity contribution is 9.10. The van der Waals surface area contributed by atoms with E-state index >= 15 is 0 Å². The van der Waals surface area contributed by atoms with Gasteiger partial charge < -0.3 is 0 Å². The van der Waals surface area contributed by atoms with Gasteiger partial charge in [0.05, 0.1) is 0 Å². The van der Waals surface area contributed by atoms with Crippen LogP contribution in [0.1, 0.15) is 18.1 Å². The van der Waals surface area contributed by atoms with Crippen molar-refractivity contribution in [3.63, 3.8) is 0 Å². The van der Waals surface area contributed by atoms with Gasteiger partial charge in [0, 0.05) is 4.47 Å². The first kappa shape index (κ1) is 10.8. The van der Waals surface area contributed by atoms with Gasteiger partial charge in [-0.1, -0.05) is 64.0 Å². The van der Waals surface area contributed by atoms with Gasteiger partial charge in [-0.15, -0.1) is 0 Å². The Hall–Kier alpha value is -1.34. The zero-order valence-corrected chi connectivity index (χ0v) is 11.3. The fraction of sp³-hybridized carbons (Fsp3) is 0.125. The topological polar surface area (TPSA) is 0 Å². The van der Waals surface area contributed by atoms with Crippen molar-refractivity contribution in [2.75, 3.05) is 0 Å². The minimum Gasteiger partial charge on any atom is -0.0683 e. The molecule has 3 rings (SSSR count). The summed E-state index contributed by atoms with van der Waals surface area (Å²) in [5, 5.41) is 0. The zero-order chi connectivity index (χ0) is 11.8. The maximum absolute atomic E-state index is 3.68. The highest BCUT2D eigenvalue weighted by Crippen LogP contribution is 2.35. The van der Waals surface area contributed by atoms with Crippen LogP contribution in [0.2, 0.25) is 0 Å². The van der Waals surface area contributed by atoms with Crippen LogP contribution in [0, 0.1) is 0 Å². The van der Waals surface area contributed by atoms with Crippen molar-refractivity contribution in [3.05, 3.63) is 63.6 Å². The number of hydrogen-bond acceptors (Lipinski definition) is 0. The molecule has 17 heavy (non-hydrogen) atoms. The SMILES string of the molecule is CC1=Cc2c(Br)cc(-c3ccccc3)cc2C1. The van der Waals surface area contributed by atoms with Gasteiger partial charge in [-0.2, -0.15) is 0 Å². The molecule has 1 heteroatoms. The first-order valence-corrected chi connectivity index (χ1v) is 6.58. The second kappa shape index (κ2) is 4.15. The van der Waals surface area contributed by atoms with Crippen molar-refractivity contribution < 1.29 is 0 Å². The van der Waals surface area contributed by atoms with Crippen LogP contribution in [0.3, 0.4) is 0 Å². The molecule has 1 aliphatic carbocycles. The molecule has 0 saturated heterocycles. The third-order valence-electron chi connectivity index (χ3n) is 3.18. The number of halogens is 1. The molecule has 0 fully saturated rings. The number of rotatable bonds is 1. The quantitative estimate of drug-likeness (QED) is 0.685. The molecular weight excluding hydrogens is 272 g/mol. The Balaban J connectivity index is 2.13. The zero-order valence-electron chi connectivity index (χ0n) is 9.70. The third kappa shape index (κ3) is 1.96. The Morgan fingerprint density at radius 3 is 2.53 bits per heavy atom. The van der Waals surface area contributed by atoms with E-state index in [2.05, 4.69) is 71.4 Å². The summed E-state index contributed by atoms with van der Waals surface area (Å²) in [4.78, 5) is 0.